The van der Waals surface area contributed by atoms with Crippen LogP contribution in [0.5, 0.6) is 5.88 Å². The number of methoxy groups -OCH3 is 1. The monoisotopic (exact) mass is 350 g/mol. The first kappa shape index (κ1) is 15.0. The molecule has 1 amide bonds. The molecule has 2 N–H and O–H groups in total. The van der Waals surface area contributed by atoms with Crippen molar-refractivity contribution in [3.8, 4) is 5.88 Å². The van der Waals surface area contributed by atoms with Crippen LogP contribution in [0.3, 0.4) is 0 Å². The molecule has 1 heterocycles. The molecule has 7 heteroatoms. The first-order chi connectivity index (χ1) is 10.0. The number of aromatic nitrogens is 1. The van der Waals surface area contributed by atoms with E-state index in [-0.39, 0.29) is 22.7 Å². The summed E-state index contributed by atoms with van der Waals surface area (Å²) in [6.07, 6.45) is 1.50. The summed E-state index contributed by atoms with van der Waals surface area (Å²) in [5, 5.41) is 11.7. The number of halogens is 1. The van der Waals surface area contributed by atoms with E-state index in [4.69, 9.17) is 9.84 Å². The van der Waals surface area contributed by atoms with E-state index >= 15 is 0 Å². The van der Waals surface area contributed by atoms with Gasteiger partial charge < -0.3 is 15.2 Å². The maximum Gasteiger partial charge on any atom is 0.337 e. The van der Waals surface area contributed by atoms with Gasteiger partial charge in [0.15, 0.2) is 0 Å². The van der Waals surface area contributed by atoms with Gasteiger partial charge in [-0.05, 0) is 30.3 Å². The zero-order valence-electron chi connectivity index (χ0n) is 11.0. The Balaban J connectivity index is 2.36. The molecule has 108 valence electrons. The Morgan fingerprint density at radius 2 is 2.05 bits per heavy atom. The second-order valence-corrected chi connectivity index (χ2v) is 4.93. The minimum absolute atomic E-state index is 0.00518. The smallest absolute Gasteiger partial charge is 0.337 e. The number of carbonyl (C=O) groups is 2. The summed E-state index contributed by atoms with van der Waals surface area (Å²) in [5.74, 6) is -1.46. The number of aromatic carboxylic acids is 1. The molecular weight excluding hydrogens is 340 g/mol. The number of benzene rings is 1. The molecular formula is C14H11BrN2O4. The van der Waals surface area contributed by atoms with Gasteiger partial charge in [0.05, 0.1) is 18.4 Å². The Bertz CT molecular complexity index is 703. The summed E-state index contributed by atoms with van der Waals surface area (Å²) in [4.78, 5) is 27.3. The molecule has 0 aliphatic rings. The molecule has 0 saturated carbocycles. The number of carboxylic acids is 1. The summed E-state index contributed by atoms with van der Waals surface area (Å²) in [6, 6.07) is 7.65. The number of anilines is 1. The van der Waals surface area contributed by atoms with Gasteiger partial charge in [-0.15, -0.1) is 0 Å². The first-order valence-corrected chi connectivity index (χ1v) is 6.65. The maximum atomic E-state index is 12.2. The van der Waals surface area contributed by atoms with E-state index < -0.39 is 11.9 Å². The average Bonchev–Trinajstić information content (AvgIpc) is 2.46. The van der Waals surface area contributed by atoms with Gasteiger partial charge in [-0.2, -0.15) is 0 Å². The van der Waals surface area contributed by atoms with E-state index in [1.54, 1.807) is 18.2 Å². The molecule has 0 saturated heterocycles. The van der Waals surface area contributed by atoms with Crippen molar-refractivity contribution >= 4 is 33.5 Å². The van der Waals surface area contributed by atoms with E-state index in [1.807, 2.05) is 0 Å². The SMILES string of the molecule is COc1ncccc1C(=O)Nc1cc(Br)ccc1C(=O)O. The molecule has 2 aromatic rings. The van der Waals surface area contributed by atoms with Crippen molar-refractivity contribution in [3.05, 3.63) is 52.1 Å². The zero-order chi connectivity index (χ0) is 15.4. The van der Waals surface area contributed by atoms with Crippen LogP contribution in [0.15, 0.2) is 41.0 Å². The second-order valence-electron chi connectivity index (χ2n) is 4.01. The third kappa shape index (κ3) is 3.38. The Morgan fingerprint density at radius 1 is 1.29 bits per heavy atom. The third-order valence-corrected chi connectivity index (χ3v) is 3.16. The molecule has 2 rings (SSSR count). The zero-order valence-corrected chi connectivity index (χ0v) is 12.5. The fraction of sp³-hybridized carbons (Fsp3) is 0.0714. The highest BCUT2D eigenvalue weighted by Crippen LogP contribution is 2.23. The lowest BCUT2D eigenvalue weighted by Gasteiger charge is -2.10. The quantitative estimate of drug-likeness (QED) is 0.884. The number of hydrogen-bond donors (Lipinski definition) is 2. The van der Waals surface area contributed by atoms with Gasteiger partial charge >= 0.3 is 5.97 Å². The minimum atomic E-state index is -1.13. The second kappa shape index (κ2) is 6.36. The van der Waals surface area contributed by atoms with Crippen LogP contribution < -0.4 is 10.1 Å². The maximum absolute atomic E-state index is 12.2. The van der Waals surface area contributed by atoms with Crippen molar-refractivity contribution in [1.29, 1.82) is 0 Å². The highest BCUT2D eigenvalue weighted by atomic mass is 79.9. The molecule has 0 fully saturated rings. The highest BCUT2D eigenvalue weighted by molar-refractivity contribution is 9.10. The Kier molecular flexibility index (Phi) is 4.54. The number of carbonyl (C=O) groups excluding carboxylic acids is 1. The van der Waals surface area contributed by atoms with Gasteiger partial charge in [0.2, 0.25) is 5.88 Å². The summed E-state index contributed by atoms with van der Waals surface area (Å²) in [7, 11) is 1.40. The van der Waals surface area contributed by atoms with Crippen molar-refractivity contribution in [2.45, 2.75) is 0 Å². The number of carboxylic acid groups (broad SMARTS) is 1. The van der Waals surface area contributed by atoms with Crippen molar-refractivity contribution in [2.75, 3.05) is 12.4 Å². The number of ether oxygens (including phenoxy) is 1. The van der Waals surface area contributed by atoms with Crippen LogP contribution in [0.25, 0.3) is 0 Å². The number of pyridine rings is 1. The predicted molar refractivity (Wildman–Crippen MR) is 79.8 cm³/mol. The van der Waals surface area contributed by atoms with Crippen LogP contribution in [0.2, 0.25) is 0 Å². The van der Waals surface area contributed by atoms with Crippen LogP contribution in [-0.4, -0.2) is 29.1 Å². The van der Waals surface area contributed by atoms with E-state index in [1.165, 1.54) is 25.4 Å². The van der Waals surface area contributed by atoms with E-state index in [0.717, 1.165) is 0 Å². The molecule has 0 bridgehead atoms. The lowest BCUT2D eigenvalue weighted by Crippen LogP contribution is -2.16. The molecule has 21 heavy (non-hydrogen) atoms. The van der Waals surface area contributed by atoms with Crippen LogP contribution >= 0.6 is 15.9 Å². The van der Waals surface area contributed by atoms with E-state index in [0.29, 0.717) is 4.47 Å². The van der Waals surface area contributed by atoms with Crippen LogP contribution in [0, 0.1) is 0 Å². The van der Waals surface area contributed by atoms with Gasteiger partial charge in [0.1, 0.15) is 5.56 Å². The number of hydrogen-bond acceptors (Lipinski definition) is 4. The van der Waals surface area contributed by atoms with Crippen molar-refractivity contribution in [3.63, 3.8) is 0 Å². The topological polar surface area (TPSA) is 88.5 Å². The molecule has 0 radical (unpaired) electrons. The number of amides is 1. The highest BCUT2D eigenvalue weighted by Gasteiger charge is 2.17. The number of nitrogens with one attached hydrogen (secondary N) is 1. The number of rotatable bonds is 4. The molecule has 1 aromatic carbocycles. The largest absolute Gasteiger partial charge is 0.480 e. The average molecular weight is 351 g/mol. The minimum Gasteiger partial charge on any atom is -0.480 e. The Hall–Kier alpha value is -2.41. The summed E-state index contributed by atoms with van der Waals surface area (Å²) in [6.45, 7) is 0. The van der Waals surface area contributed by atoms with Crippen molar-refractivity contribution in [2.24, 2.45) is 0 Å². The molecule has 0 aliphatic heterocycles. The van der Waals surface area contributed by atoms with Gasteiger partial charge in [-0.25, -0.2) is 9.78 Å². The Morgan fingerprint density at radius 3 is 2.71 bits per heavy atom. The molecule has 0 unspecified atom stereocenters. The molecule has 0 atom stereocenters. The van der Waals surface area contributed by atoms with Gasteiger partial charge in [0, 0.05) is 10.7 Å². The van der Waals surface area contributed by atoms with Crippen LogP contribution in [0.4, 0.5) is 5.69 Å². The summed E-state index contributed by atoms with van der Waals surface area (Å²) >= 11 is 3.24. The van der Waals surface area contributed by atoms with Crippen molar-refractivity contribution in [1.82, 2.24) is 4.98 Å². The van der Waals surface area contributed by atoms with Gasteiger partial charge in [0.25, 0.3) is 5.91 Å². The predicted octanol–water partition coefficient (Wildman–Crippen LogP) is 2.80. The molecule has 1 aromatic heterocycles. The fourth-order valence-corrected chi connectivity index (χ4v) is 2.08. The van der Waals surface area contributed by atoms with Crippen LogP contribution in [0.1, 0.15) is 20.7 Å². The van der Waals surface area contributed by atoms with Crippen LogP contribution in [-0.2, 0) is 0 Å². The third-order valence-electron chi connectivity index (χ3n) is 2.67. The van der Waals surface area contributed by atoms with Gasteiger partial charge in [-0.3, -0.25) is 4.79 Å². The summed E-state index contributed by atoms with van der Waals surface area (Å²) < 4.78 is 5.66. The lowest BCUT2D eigenvalue weighted by atomic mass is 10.1. The van der Waals surface area contributed by atoms with Crippen molar-refractivity contribution < 1.29 is 19.4 Å². The van der Waals surface area contributed by atoms with Gasteiger partial charge in [-0.1, -0.05) is 15.9 Å². The normalized spacial score (nSPS) is 10.0. The lowest BCUT2D eigenvalue weighted by molar-refractivity contribution is 0.0698. The fourth-order valence-electron chi connectivity index (χ4n) is 1.72. The molecule has 0 aliphatic carbocycles. The Labute approximate surface area is 128 Å². The number of nitrogens with zero attached hydrogens (tertiary/aromatic N) is 1. The summed E-state index contributed by atoms with van der Waals surface area (Å²) in [5.41, 5.74) is 0.401. The standard InChI is InChI=1S/C14H11BrN2O4/c1-21-13-10(3-2-6-16-13)12(18)17-11-7-8(15)4-5-9(11)14(19)20/h2-7H,1H3,(H,17,18)(H,19,20). The first-order valence-electron chi connectivity index (χ1n) is 5.86. The van der Waals surface area contributed by atoms with E-state index in [2.05, 4.69) is 26.2 Å². The molecule has 6 nitrogen and oxygen atoms in total. The van der Waals surface area contributed by atoms with E-state index in [9.17, 15) is 9.59 Å². The molecule has 0 spiro atoms.